The number of benzene rings is 1. The molecule has 17 heavy (non-hydrogen) atoms. The molecule has 0 spiro atoms. The van der Waals surface area contributed by atoms with E-state index in [0.29, 0.717) is 16.3 Å². The van der Waals surface area contributed by atoms with Crippen LogP contribution in [0.5, 0.6) is 5.75 Å². The average Bonchev–Trinajstić information content (AvgIpc) is 2.74. The van der Waals surface area contributed by atoms with Crippen molar-refractivity contribution in [3.05, 3.63) is 50.9 Å². The third-order valence-electron chi connectivity index (χ3n) is 2.45. The maximum absolute atomic E-state index is 13.2. The zero-order valence-electron chi connectivity index (χ0n) is 9.11. The first-order valence-electron chi connectivity index (χ1n) is 4.95. The topological polar surface area (TPSA) is 35.2 Å². The molecule has 0 aliphatic rings. The molecule has 2 aromatic rings. The molecule has 0 aliphatic carbocycles. The predicted octanol–water partition coefficient (Wildman–Crippen LogP) is 3.60. The highest BCUT2D eigenvalue weighted by Gasteiger charge is 2.18. The van der Waals surface area contributed by atoms with Gasteiger partial charge in [0.2, 0.25) is 0 Å². The van der Waals surface area contributed by atoms with E-state index >= 15 is 0 Å². The van der Waals surface area contributed by atoms with Crippen LogP contribution in [0.15, 0.2) is 29.6 Å². The van der Waals surface area contributed by atoms with E-state index in [-0.39, 0.29) is 5.82 Å². The number of thiophene rings is 1. The van der Waals surface area contributed by atoms with Crippen LogP contribution in [-0.4, -0.2) is 7.11 Å². The van der Waals surface area contributed by atoms with Gasteiger partial charge in [-0.15, -0.1) is 11.3 Å². The molecule has 90 valence electrons. The Morgan fingerprint density at radius 3 is 2.76 bits per heavy atom. The first kappa shape index (κ1) is 12.4. The van der Waals surface area contributed by atoms with Gasteiger partial charge in [0.25, 0.3) is 0 Å². The highest BCUT2D eigenvalue weighted by molar-refractivity contribution is 7.10. The Bertz CT molecular complexity index is 529. The normalized spacial score (nSPS) is 12.5. The number of halogens is 2. The SMILES string of the molecule is COc1ccc(F)cc1C(N)c1sccc1Cl. The van der Waals surface area contributed by atoms with Crippen molar-refractivity contribution in [2.45, 2.75) is 6.04 Å². The van der Waals surface area contributed by atoms with E-state index in [0.717, 1.165) is 4.88 Å². The highest BCUT2D eigenvalue weighted by atomic mass is 35.5. The van der Waals surface area contributed by atoms with Gasteiger partial charge >= 0.3 is 0 Å². The average molecular weight is 272 g/mol. The van der Waals surface area contributed by atoms with Crippen LogP contribution in [0.25, 0.3) is 0 Å². The summed E-state index contributed by atoms with van der Waals surface area (Å²) in [7, 11) is 1.53. The Hall–Kier alpha value is -1.10. The summed E-state index contributed by atoms with van der Waals surface area (Å²) in [5, 5.41) is 2.44. The summed E-state index contributed by atoms with van der Waals surface area (Å²) in [6.07, 6.45) is 0. The minimum absolute atomic E-state index is 0.344. The molecule has 2 rings (SSSR count). The standard InChI is InChI=1S/C12H11ClFNOS/c1-16-10-3-2-7(14)6-8(10)11(15)12-9(13)4-5-17-12/h2-6,11H,15H2,1H3. The van der Waals surface area contributed by atoms with Crippen LogP contribution in [0.1, 0.15) is 16.5 Å². The molecular formula is C12H11ClFNOS. The van der Waals surface area contributed by atoms with Gasteiger partial charge in [0.05, 0.1) is 18.2 Å². The Morgan fingerprint density at radius 1 is 1.41 bits per heavy atom. The van der Waals surface area contributed by atoms with Crippen LogP contribution in [0, 0.1) is 5.82 Å². The van der Waals surface area contributed by atoms with Crippen molar-refractivity contribution >= 4 is 22.9 Å². The van der Waals surface area contributed by atoms with E-state index in [1.807, 2.05) is 5.38 Å². The van der Waals surface area contributed by atoms with Crippen molar-refractivity contribution < 1.29 is 9.13 Å². The van der Waals surface area contributed by atoms with Crippen LogP contribution < -0.4 is 10.5 Å². The molecule has 2 nitrogen and oxygen atoms in total. The minimum atomic E-state index is -0.479. The van der Waals surface area contributed by atoms with Crippen LogP contribution in [0.3, 0.4) is 0 Å². The number of nitrogens with two attached hydrogens (primary N) is 1. The molecule has 0 radical (unpaired) electrons. The molecule has 1 unspecified atom stereocenters. The molecule has 0 saturated carbocycles. The Kier molecular flexibility index (Phi) is 3.66. The Morgan fingerprint density at radius 2 is 2.18 bits per heavy atom. The van der Waals surface area contributed by atoms with Crippen molar-refractivity contribution in [3.8, 4) is 5.75 Å². The first-order chi connectivity index (χ1) is 8.13. The summed E-state index contributed by atoms with van der Waals surface area (Å²) in [5.41, 5.74) is 6.68. The van der Waals surface area contributed by atoms with Crippen LogP contribution in [-0.2, 0) is 0 Å². The molecule has 2 N–H and O–H groups in total. The van der Waals surface area contributed by atoms with Crippen molar-refractivity contribution in [1.29, 1.82) is 0 Å². The molecule has 0 saturated heterocycles. The van der Waals surface area contributed by atoms with Gasteiger partial charge in [-0.05, 0) is 29.6 Å². The van der Waals surface area contributed by atoms with Gasteiger partial charge in [-0.3, -0.25) is 0 Å². The van der Waals surface area contributed by atoms with E-state index in [9.17, 15) is 4.39 Å². The summed E-state index contributed by atoms with van der Waals surface area (Å²) in [6, 6.07) is 5.57. The van der Waals surface area contributed by atoms with Crippen molar-refractivity contribution in [3.63, 3.8) is 0 Å². The summed E-state index contributed by atoms with van der Waals surface area (Å²) >= 11 is 7.46. The summed E-state index contributed by atoms with van der Waals surface area (Å²) in [5.74, 6) is 0.215. The zero-order chi connectivity index (χ0) is 12.4. The van der Waals surface area contributed by atoms with E-state index in [4.69, 9.17) is 22.1 Å². The lowest BCUT2D eigenvalue weighted by atomic mass is 10.0. The summed E-state index contributed by atoms with van der Waals surface area (Å²) in [4.78, 5) is 0.801. The maximum atomic E-state index is 13.2. The van der Waals surface area contributed by atoms with Gasteiger partial charge in [0.15, 0.2) is 0 Å². The highest BCUT2D eigenvalue weighted by Crippen LogP contribution is 2.35. The fourth-order valence-corrected chi connectivity index (χ4v) is 2.81. The molecule has 0 amide bonds. The van der Waals surface area contributed by atoms with Crippen molar-refractivity contribution in [2.24, 2.45) is 5.73 Å². The molecule has 0 aliphatic heterocycles. The van der Waals surface area contributed by atoms with Gasteiger partial charge in [-0.1, -0.05) is 11.6 Å². The second-order valence-electron chi connectivity index (χ2n) is 3.50. The van der Waals surface area contributed by atoms with E-state index < -0.39 is 6.04 Å². The second kappa shape index (κ2) is 5.04. The summed E-state index contributed by atoms with van der Waals surface area (Å²) < 4.78 is 18.4. The summed E-state index contributed by atoms with van der Waals surface area (Å²) in [6.45, 7) is 0. The lowest BCUT2D eigenvalue weighted by molar-refractivity contribution is 0.406. The van der Waals surface area contributed by atoms with E-state index in [1.165, 1.54) is 30.6 Å². The van der Waals surface area contributed by atoms with Crippen LogP contribution in [0.2, 0.25) is 5.02 Å². The maximum Gasteiger partial charge on any atom is 0.124 e. The van der Waals surface area contributed by atoms with E-state index in [2.05, 4.69) is 0 Å². The molecule has 5 heteroatoms. The smallest absolute Gasteiger partial charge is 0.124 e. The molecule has 0 bridgehead atoms. The number of hydrogen-bond donors (Lipinski definition) is 1. The monoisotopic (exact) mass is 271 g/mol. The molecule has 1 aromatic heterocycles. The zero-order valence-corrected chi connectivity index (χ0v) is 10.7. The largest absolute Gasteiger partial charge is 0.496 e. The molecular weight excluding hydrogens is 261 g/mol. The van der Waals surface area contributed by atoms with Gasteiger partial charge in [0, 0.05) is 10.4 Å². The van der Waals surface area contributed by atoms with Crippen molar-refractivity contribution in [2.75, 3.05) is 7.11 Å². The van der Waals surface area contributed by atoms with Crippen LogP contribution >= 0.6 is 22.9 Å². The van der Waals surface area contributed by atoms with E-state index in [1.54, 1.807) is 12.1 Å². The molecule has 0 fully saturated rings. The minimum Gasteiger partial charge on any atom is -0.496 e. The number of ether oxygens (including phenoxy) is 1. The molecule has 1 atom stereocenters. The van der Waals surface area contributed by atoms with Gasteiger partial charge in [0.1, 0.15) is 11.6 Å². The lowest BCUT2D eigenvalue weighted by Gasteiger charge is -2.15. The van der Waals surface area contributed by atoms with Gasteiger partial charge in [-0.25, -0.2) is 4.39 Å². The quantitative estimate of drug-likeness (QED) is 0.926. The molecule has 1 heterocycles. The molecule has 1 aromatic carbocycles. The fraction of sp³-hybridized carbons (Fsp3) is 0.167. The fourth-order valence-electron chi connectivity index (χ4n) is 1.62. The van der Waals surface area contributed by atoms with Gasteiger partial charge < -0.3 is 10.5 Å². The Balaban J connectivity index is 2.46. The number of rotatable bonds is 3. The lowest BCUT2D eigenvalue weighted by Crippen LogP contribution is -2.12. The van der Waals surface area contributed by atoms with Crippen molar-refractivity contribution in [1.82, 2.24) is 0 Å². The Labute approximate surface area is 108 Å². The number of hydrogen-bond acceptors (Lipinski definition) is 3. The first-order valence-corrected chi connectivity index (χ1v) is 6.21. The second-order valence-corrected chi connectivity index (χ2v) is 4.85. The third-order valence-corrected chi connectivity index (χ3v) is 3.90. The van der Waals surface area contributed by atoms with Gasteiger partial charge in [-0.2, -0.15) is 0 Å². The third kappa shape index (κ3) is 2.44. The predicted molar refractivity (Wildman–Crippen MR) is 68.3 cm³/mol. The van der Waals surface area contributed by atoms with Crippen LogP contribution in [0.4, 0.5) is 4.39 Å². The number of methoxy groups -OCH3 is 1.